The lowest BCUT2D eigenvalue weighted by molar-refractivity contribution is -0.117. The van der Waals surface area contributed by atoms with Crippen LogP contribution in [0.4, 0.5) is 5.69 Å². The predicted molar refractivity (Wildman–Crippen MR) is 112 cm³/mol. The van der Waals surface area contributed by atoms with Gasteiger partial charge in [-0.3, -0.25) is 9.69 Å². The van der Waals surface area contributed by atoms with Gasteiger partial charge in [0.05, 0.1) is 12.2 Å². The third-order valence-corrected chi connectivity index (χ3v) is 5.41. The van der Waals surface area contributed by atoms with E-state index in [0.29, 0.717) is 6.54 Å². The Morgan fingerprint density at radius 1 is 1.00 bits per heavy atom. The van der Waals surface area contributed by atoms with Crippen LogP contribution in [0.5, 0.6) is 0 Å². The summed E-state index contributed by atoms with van der Waals surface area (Å²) >= 11 is 1.70. The Balaban J connectivity index is 2.09. The minimum atomic E-state index is 0.0561. The number of hydrogen-bond donors (Lipinski definition) is 1. The van der Waals surface area contributed by atoms with E-state index in [9.17, 15) is 4.79 Å². The predicted octanol–water partition coefficient (Wildman–Crippen LogP) is 5.52. The highest BCUT2D eigenvalue weighted by atomic mass is 32.2. The second kappa shape index (κ2) is 10.4. The molecule has 1 amide bonds. The Morgan fingerprint density at radius 3 is 2.35 bits per heavy atom. The van der Waals surface area contributed by atoms with Crippen molar-refractivity contribution in [1.29, 1.82) is 0 Å². The van der Waals surface area contributed by atoms with Gasteiger partial charge in [-0.05, 0) is 63.5 Å². The second-order valence-corrected chi connectivity index (χ2v) is 7.78. The van der Waals surface area contributed by atoms with Crippen molar-refractivity contribution < 1.29 is 4.79 Å². The van der Waals surface area contributed by atoms with Gasteiger partial charge in [0, 0.05) is 9.79 Å². The molecule has 0 spiro atoms. The van der Waals surface area contributed by atoms with Crippen LogP contribution >= 0.6 is 11.8 Å². The van der Waals surface area contributed by atoms with Crippen molar-refractivity contribution in [3.8, 4) is 0 Å². The van der Waals surface area contributed by atoms with Gasteiger partial charge in [0.25, 0.3) is 0 Å². The summed E-state index contributed by atoms with van der Waals surface area (Å²) in [6.07, 6.45) is 2.12. The summed E-state index contributed by atoms with van der Waals surface area (Å²) in [5, 5.41) is 3.11. The molecule has 0 aliphatic heterocycles. The number of carbonyl (C=O) groups excluding carboxylic acids is 1. The Morgan fingerprint density at radius 2 is 1.69 bits per heavy atom. The summed E-state index contributed by atoms with van der Waals surface area (Å²) in [5.41, 5.74) is 3.41. The molecule has 4 heteroatoms. The number of anilines is 1. The summed E-state index contributed by atoms with van der Waals surface area (Å²) in [6, 6.07) is 14.5. The van der Waals surface area contributed by atoms with E-state index in [1.54, 1.807) is 11.8 Å². The summed E-state index contributed by atoms with van der Waals surface area (Å²) in [7, 11) is 0. The zero-order valence-corrected chi connectivity index (χ0v) is 17.2. The molecule has 2 aromatic carbocycles. The minimum Gasteiger partial charge on any atom is -0.324 e. The van der Waals surface area contributed by atoms with Gasteiger partial charge in [-0.1, -0.05) is 55.4 Å². The molecule has 0 saturated carbocycles. The first-order chi connectivity index (χ1) is 12.5. The second-order valence-electron chi connectivity index (χ2n) is 6.69. The van der Waals surface area contributed by atoms with Crippen molar-refractivity contribution in [1.82, 2.24) is 4.90 Å². The monoisotopic (exact) mass is 370 g/mol. The molecule has 0 atom stereocenters. The number of nitrogens with one attached hydrogen (secondary N) is 1. The fourth-order valence-electron chi connectivity index (χ4n) is 2.99. The van der Waals surface area contributed by atoms with Crippen LogP contribution in [0.1, 0.15) is 37.8 Å². The molecule has 26 heavy (non-hydrogen) atoms. The van der Waals surface area contributed by atoms with Crippen LogP contribution in [0.15, 0.2) is 52.3 Å². The van der Waals surface area contributed by atoms with Crippen molar-refractivity contribution in [2.45, 2.75) is 50.3 Å². The van der Waals surface area contributed by atoms with Gasteiger partial charge < -0.3 is 5.32 Å². The third kappa shape index (κ3) is 6.19. The molecule has 0 bridgehead atoms. The highest BCUT2D eigenvalue weighted by molar-refractivity contribution is 7.99. The average molecular weight is 371 g/mol. The molecule has 0 fully saturated rings. The third-order valence-electron chi connectivity index (χ3n) is 4.16. The molecule has 0 aliphatic rings. The lowest BCUT2D eigenvalue weighted by Gasteiger charge is -2.20. The maximum Gasteiger partial charge on any atom is 0.238 e. The van der Waals surface area contributed by atoms with Gasteiger partial charge in [-0.25, -0.2) is 0 Å². The highest BCUT2D eigenvalue weighted by Gasteiger charge is 2.12. The zero-order chi connectivity index (χ0) is 18.9. The fourth-order valence-corrected chi connectivity index (χ4v) is 3.95. The standard InChI is InChI=1S/C22H30N2OS/c1-5-13-24(14-6-2)16-22(25)23-19-9-7-8-10-21(19)26-20-12-11-17(3)15-18(20)4/h7-12,15H,5-6,13-14,16H2,1-4H3,(H,23,25). The van der Waals surface area contributed by atoms with Crippen LogP contribution in [-0.2, 0) is 4.79 Å². The first-order valence-corrected chi connectivity index (χ1v) is 10.2. The van der Waals surface area contributed by atoms with Crippen LogP contribution in [0.3, 0.4) is 0 Å². The summed E-state index contributed by atoms with van der Waals surface area (Å²) in [4.78, 5) is 17.0. The molecule has 0 saturated heterocycles. The largest absolute Gasteiger partial charge is 0.324 e. The Hall–Kier alpha value is -1.78. The fraction of sp³-hybridized carbons (Fsp3) is 0.409. The van der Waals surface area contributed by atoms with E-state index in [4.69, 9.17) is 0 Å². The number of benzene rings is 2. The molecule has 1 N–H and O–H groups in total. The van der Waals surface area contributed by atoms with E-state index in [1.165, 1.54) is 16.0 Å². The Labute approximate surface area is 162 Å². The van der Waals surface area contributed by atoms with E-state index in [1.807, 2.05) is 18.2 Å². The number of hydrogen-bond acceptors (Lipinski definition) is 3. The summed E-state index contributed by atoms with van der Waals surface area (Å²) in [6.45, 7) is 10.9. The van der Waals surface area contributed by atoms with Gasteiger partial charge >= 0.3 is 0 Å². The lowest BCUT2D eigenvalue weighted by atomic mass is 10.2. The molecule has 0 aromatic heterocycles. The van der Waals surface area contributed by atoms with Gasteiger partial charge in [-0.15, -0.1) is 0 Å². The van der Waals surface area contributed by atoms with Gasteiger partial charge in [-0.2, -0.15) is 0 Å². The summed E-state index contributed by atoms with van der Waals surface area (Å²) < 4.78 is 0. The molecular weight excluding hydrogens is 340 g/mol. The van der Waals surface area contributed by atoms with E-state index < -0.39 is 0 Å². The van der Waals surface area contributed by atoms with Crippen LogP contribution in [0.2, 0.25) is 0 Å². The highest BCUT2D eigenvalue weighted by Crippen LogP contribution is 2.35. The van der Waals surface area contributed by atoms with Crippen LogP contribution in [0, 0.1) is 13.8 Å². The van der Waals surface area contributed by atoms with E-state index in [0.717, 1.165) is 36.5 Å². The number of aryl methyl sites for hydroxylation is 2. The van der Waals surface area contributed by atoms with Crippen molar-refractivity contribution in [3.05, 3.63) is 53.6 Å². The van der Waals surface area contributed by atoms with Crippen molar-refractivity contribution in [2.75, 3.05) is 25.0 Å². The lowest BCUT2D eigenvalue weighted by Crippen LogP contribution is -2.34. The number of rotatable bonds is 9. The smallest absolute Gasteiger partial charge is 0.238 e. The molecule has 140 valence electrons. The minimum absolute atomic E-state index is 0.0561. The Bertz CT molecular complexity index is 724. The van der Waals surface area contributed by atoms with E-state index in [-0.39, 0.29) is 5.91 Å². The SMILES string of the molecule is CCCN(CCC)CC(=O)Nc1ccccc1Sc1ccc(C)cc1C. The number of nitrogens with zero attached hydrogens (tertiary/aromatic N) is 1. The van der Waals surface area contributed by atoms with Gasteiger partial charge in [0.15, 0.2) is 0 Å². The first-order valence-electron chi connectivity index (χ1n) is 9.39. The van der Waals surface area contributed by atoms with Crippen molar-refractivity contribution in [2.24, 2.45) is 0 Å². The normalized spacial score (nSPS) is 11.0. The molecule has 3 nitrogen and oxygen atoms in total. The van der Waals surface area contributed by atoms with Gasteiger partial charge in [0.2, 0.25) is 5.91 Å². The molecular formula is C22H30N2OS. The Kier molecular flexibility index (Phi) is 8.20. The van der Waals surface area contributed by atoms with Crippen molar-refractivity contribution in [3.63, 3.8) is 0 Å². The quantitative estimate of drug-likeness (QED) is 0.631. The van der Waals surface area contributed by atoms with Crippen LogP contribution < -0.4 is 5.32 Å². The van der Waals surface area contributed by atoms with Crippen molar-refractivity contribution >= 4 is 23.4 Å². The molecule has 0 unspecified atom stereocenters. The number of carbonyl (C=O) groups is 1. The summed E-state index contributed by atoms with van der Waals surface area (Å²) in [5.74, 6) is 0.0561. The zero-order valence-electron chi connectivity index (χ0n) is 16.3. The molecule has 0 heterocycles. The van der Waals surface area contributed by atoms with E-state index in [2.05, 4.69) is 62.2 Å². The molecule has 0 aliphatic carbocycles. The molecule has 2 aromatic rings. The van der Waals surface area contributed by atoms with Gasteiger partial charge in [0.1, 0.15) is 0 Å². The molecule has 0 radical (unpaired) electrons. The first kappa shape index (κ1) is 20.5. The number of amides is 1. The molecule has 2 rings (SSSR count). The maximum absolute atomic E-state index is 12.5. The topological polar surface area (TPSA) is 32.3 Å². The average Bonchev–Trinajstić information content (AvgIpc) is 2.59. The van der Waals surface area contributed by atoms with Crippen LogP contribution in [0.25, 0.3) is 0 Å². The maximum atomic E-state index is 12.5. The van der Waals surface area contributed by atoms with Crippen LogP contribution in [-0.4, -0.2) is 30.4 Å². The number of para-hydroxylation sites is 1. The van der Waals surface area contributed by atoms with E-state index >= 15 is 0 Å².